The Kier molecular flexibility index (Phi) is 7.03. The fraction of sp³-hybridized carbons (Fsp3) is 0.500. The van der Waals surface area contributed by atoms with Crippen molar-refractivity contribution in [1.82, 2.24) is 0 Å². The molecule has 0 atom stereocenters. The van der Waals surface area contributed by atoms with Gasteiger partial charge in [-0.05, 0) is 48.7 Å². The number of carboxylic acid groups (broad SMARTS) is 1. The molecule has 0 spiro atoms. The maximum absolute atomic E-state index is 10.4. The summed E-state index contributed by atoms with van der Waals surface area (Å²) in [5.41, 5.74) is 1.16. The zero-order valence-corrected chi connectivity index (χ0v) is 15.8. The lowest BCUT2D eigenvalue weighted by molar-refractivity contribution is -0.131. The predicted octanol–water partition coefficient (Wildman–Crippen LogP) is 4.62. The molecule has 5 heteroatoms. The van der Waals surface area contributed by atoms with Gasteiger partial charge in [-0.25, -0.2) is 4.79 Å². The van der Waals surface area contributed by atoms with Crippen LogP contribution in [0.4, 0.5) is 0 Å². The standard InChI is InChI=1S/C18H28O4Si/c1-18(2,3)23(4,5)22-12-7-9-15-8-6-10-16(14-15)21-13-11-17(19)20/h6,8,10-11,13-14H,7,9,12H2,1-5H3,(H,19,20)/b13-11+. The molecule has 0 aliphatic rings. The SMILES string of the molecule is CC(C)(C)[Si](C)(C)OCCCc1cccc(O/C=C/C(=O)O)c1. The Balaban J connectivity index is 2.45. The number of aryl methyl sites for hydroxylation is 1. The van der Waals surface area contributed by atoms with Crippen LogP contribution in [0.2, 0.25) is 18.1 Å². The normalized spacial score (nSPS) is 12.6. The smallest absolute Gasteiger partial charge is 0.331 e. The molecule has 0 saturated heterocycles. The number of hydrogen-bond donors (Lipinski definition) is 1. The van der Waals surface area contributed by atoms with Gasteiger partial charge in [-0.3, -0.25) is 0 Å². The van der Waals surface area contributed by atoms with E-state index in [0.717, 1.165) is 31.1 Å². The fourth-order valence-electron chi connectivity index (χ4n) is 1.77. The number of carbonyl (C=O) groups is 1. The van der Waals surface area contributed by atoms with Crippen molar-refractivity contribution in [2.24, 2.45) is 0 Å². The first-order valence-electron chi connectivity index (χ1n) is 7.91. The number of benzene rings is 1. The van der Waals surface area contributed by atoms with Crippen LogP contribution in [0.1, 0.15) is 32.8 Å². The minimum absolute atomic E-state index is 0.233. The Hall–Kier alpha value is -1.59. The van der Waals surface area contributed by atoms with Crippen molar-refractivity contribution < 1.29 is 19.1 Å². The number of ether oxygens (including phenoxy) is 1. The van der Waals surface area contributed by atoms with Crippen LogP contribution in [-0.4, -0.2) is 26.0 Å². The zero-order valence-electron chi connectivity index (χ0n) is 14.8. The highest BCUT2D eigenvalue weighted by Gasteiger charge is 2.36. The van der Waals surface area contributed by atoms with Crippen LogP contribution in [0.5, 0.6) is 5.75 Å². The van der Waals surface area contributed by atoms with Gasteiger partial charge in [0.1, 0.15) is 5.75 Å². The largest absolute Gasteiger partial charge is 0.478 e. The van der Waals surface area contributed by atoms with Crippen molar-refractivity contribution in [2.75, 3.05) is 6.61 Å². The molecule has 0 fully saturated rings. The highest BCUT2D eigenvalue weighted by molar-refractivity contribution is 6.74. The molecule has 0 heterocycles. The van der Waals surface area contributed by atoms with Crippen LogP contribution in [0.3, 0.4) is 0 Å². The molecule has 0 radical (unpaired) electrons. The molecule has 1 aromatic carbocycles. The van der Waals surface area contributed by atoms with E-state index in [2.05, 4.69) is 33.9 Å². The summed E-state index contributed by atoms with van der Waals surface area (Å²) < 4.78 is 11.4. The van der Waals surface area contributed by atoms with Gasteiger partial charge in [0.2, 0.25) is 0 Å². The second kappa shape index (κ2) is 8.31. The van der Waals surface area contributed by atoms with Crippen LogP contribution in [0.15, 0.2) is 36.6 Å². The average Bonchev–Trinajstić information content (AvgIpc) is 2.42. The van der Waals surface area contributed by atoms with Crippen LogP contribution < -0.4 is 4.74 Å². The summed E-state index contributed by atoms with van der Waals surface area (Å²) in [6.07, 6.45) is 4.02. The number of rotatable bonds is 8. The molecule has 0 aromatic heterocycles. The Morgan fingerprint density at radius 2 is 2.00 bits per heavy atom. The lowest BCUT2D eigenvalue weighted by Crippen LogP contribution is -2.41. The summed E-state index contributed by atoms with van der Waals surface area (Å²) in [4.78, 5) is 10.4. The molecule has 1 aromatic rings. The maximum atomic E-state index is 10.4. The summed E-state index contributed by atoms with van der Waals surface area (Å²) in [5, 5.41) is 8.77. The van der Waals surface area contributed by atoms with E-state index in [1.807, 2.05) is 24.3 Å². The summed E-state index contributed by atoms with van der Waals surface area (Å²) in [6.45, 7) is 12.0. The van der Waals surface area contributed by atoms with Gasteiger partial charge in [-0.2, -0.15) is 0 Å². The molecule has 0 bridgehead atoms. The molecule has 1 N–H and O–H groups in total. The van der Waals surface area contributed by atoms with Gasteiger partial charge in [0.15, 0.2) is 8.32 Å². The predicted molar refractivity (Wildman–Crippen MR) is 95.3 cm³/mol. The number of carboxylic acids is 1. The molecule has 4 nitrogen and oxygen atoms in total. The lowest BCUT2D eigenvalue weighted by Gasteiger charge is -2.36. The van der Waals surface area contributed by atoms with Gasteiger partial charge in [0, 0.05) is 6.61 Å². The second-order valence-corrected chi connectivity index (χ2v) is 11.9. The minimum Gasteiger partial charge on any atom is -0.478 e. The molecule has 0 amide bonds. The molecular formula is C18H28O4Si. The van der Waals surface area contributed by atoms with Gasteiger partial charge < -0.3 is 14.3 Å². The van der Waals surface area contributed by atoms with E-state index in [-0.39, 0.29) is 5.04 Å². The van der Waals surface area contributed by atoms with Crippen molar-refractivity contribution in [3.8, 4) is 5.75 Å². The van der Waals surface area contributed by atoms with E-state index in [4.69, 9.17) is 14.3 Å². The Morgan fingerprint density at radius 1 is 1.30 bits per heavy atom. The average molecular weight is 337 g/mol. The third-order valence-electron chi connectivity index (χ3n) is 4.19. The molecule has 0 saturated carbocycles. The molecule has 0 aliphatic heterocycles. The third-order valence-corrected chi connectivity index (χ3v) is 8.73. The second-order valence-electron chi connectivity index (χ2n) is 7.12. The quantitative estimate of drug-likeness (QED) is 0.326. The van der Waals surface area contributed by atoms with E-state index in [0.29, 0.717) is 5.75 Å². The number of aliphatic carboxylic acids is 1. The van der Waals surface area contributed by atoms with E-state index < -0.39 is 14.3 Å². The van der Waals surface area contributed by atoms with Crippen molar-refractivity contribution >= 4 is 14.3 Å². The van der Waals surface area contributed by atoms with Gasteiger partial charge in [-0.15, -0.1) is 0 Å². The number of hydrogen-bond acceptors (Lipinski definition) is 3. The van der Waals surface area contributed by atoms with Crippen molar-refractivity contribution in [3.05, 3.63) is 42.2 Å². The summed E-state index contributed by atoms with van der Waals surface area (Å²) in [5.74, 6) is -0.380. The van der Waals surface area contributed by atoms with Crippen LogP contribution in [-0.2, 0) is 15.6 Å². The topological polar surface area (TPSA) is 55.8 Å². The van der Waals surface area contributed by atoms with Crippen molar-refractivity contribution in [3.63, 3.8) is 0 Å². The first-order valence-corrected chi connectivity index (χ1v) is 10.8. The Bertz CT molecular complexity index is 544. The monoisotopic (exact) mass is 336 g/mol. The molecule has 128 valence electrons. The molecule has 23 heavy (non-hydrogen) atoms. The highest BCUT2D eigenvalue weighted by Crippen LogP contribution is 2.36. The Labute approximate surface area is 140 Å². The summed E-state index contributed by atoms with van der Waals surface area (Å²) in [6, 6.07) is 7.69. The molecule has 0 aliphatic carbocycles. The van der Waals surface area contributed by atoms with Gasteiger partial charge >= 0.3 is 5.97 Å². The van der Waals surface area contributed by atoms with Crippen LogP contribution >= 0.6 is 0 Å². The molecule has 0 unspecified atom stereocenters. The third kappa shape index (κ3) is 7.01. The minimum atomic E-state index is -1.67. The highest BCUT2D eigenvalue weighted by atomic mass is 28.4. The Morgan fingerprint density at radius 3 is 2.61 bits per heavy atom. The molecular weight excluding hydrogens is 308 g/mol. The summed E-state index contributed by atoms with van der Waals surface area (Å²) in [7, 11) is -1.67. The van der Waals surface area contributed by atoms with E-state index >= 15 is 0 Å². The van der Waals surface area contributed by atoms with E-state index in [1.54, 1.807) is 0 Å². The van der Waals surface area contributed by atoms with Gasteiger partial charge in [0.05, 0.1) is 12.3 Å². The van der Waals surface area contributed by atoms with Gasteiger partial charge in [-0.1, -0.05) is 32.9 Å². The van der Waals surface area contributed by atoms with Crippen molar-refractivity contribution in [1.29, 1.82) is 0 Å². The lowest BCUT2D eigenvalue weighted by atomic mass is 10.1. The maximum Gasteiger partial charge on any atom is 0.331 e. The first kappa shape index (κ1) is 19.5. The van der Waals surface area contributed by atoms with Crippen LogP contribution in [0, 0.1) is 0 Å². The fourth-order valence-corrected chi connectivity index (χ4v) is 2.85. The summed E-state index contributed by atoms with van der Waals surface area (Å²) >= 11 is 0. The first-order chi connectivity index (χ1) is 10.6. The zero-order chi connectivity index (χ0) is 17.5. The molecule has 1 rings (SSSR count). The van der Waals surface area contributed by atoms with E-state index in [1.165, 1.54) is 6.26 Å². The van der Waals surface area contributed by atoms with Crippen LogP contribution in [0.25, 0.3) is 0 Å². The van der Waals surface area contributed by atoms with Crippen molar-refractivity contribution in [2.45, 2.75) is 51.7 Å². The van der Waals surface area contributed by atoms with Gasteiger partial charge in [0.25, 0.3) is 0 Å². The van der Waals surface area contributed by atoms with E-state index in [9.17, 15) is 4.79 Å².